The summed E-state index contributed by atoms with van der Waals surface area (Å²) < 4.78 is 8.70. The standard InChI is InChI=1S/C45H43N6O.Pt/c1-29(2)30-23-37(45(6,7)8)42(48-27-30)50-28-49(39-17-12-21-47-43(39)50)32-13-11-14-33(25-32)52-34-18-19-36-35-15-9-10-16-38(35)51(40(36)26-34)41-24-31(20-22-46-41)44(3,4)5;/h9-24,27-29H,1-8H3;/q-3;. The van der Waals surface area contributed by atoms with E-state index in [1.54, 1.807) is 0 Å². The number of pyridine rings is 3. The summed E-state index contributed by atoms with van der Waals surface area (Å²) in [4.78, 5) is 18.8. The third-order valence-corrected chi connectivity index (χ3v) is 9.71. The Labute approximate surface area is 326 Å². The molecule has 7 aromatic rings. The van der Waals surface area contributed by atoms with Crippen LogP contribution in [-0.2, 0) is 31.9 Å². The first kappa shape index (κ1) is 36.4. The monoisotopic (exact) mass is 878 g/mol. The second-order valence-electron chi connectivity index (χ2n) is 15.8. The van der Waals surface area contributed by atoms with E-state index in [-0.39, 0.29) is 31.9 Å². The van der Waals surface area contributed by atoms with E-state index in [1.807, 2.05) is 48.9 Å². The van der Waals surface area contributed by atoms with Gasteiger partial charge in [0.05, 0.1) is 5.69 Å². The van der Waals surface area contributed by atoms with Crippen LogP contribution in [0, 0.1) is 18.8 Å². The second-order valence-corrected chi connectivity index (χ2v) is 15.8. The van der Waals surface area contributed by atoms with Crippen molar-refractivity contribution in [2.45, 2.75) is 72.1 Å². The van der Waals surface area contributed by atoms with Crippen molar-refractivity contribution in [2.24, 2.45) is 0 Å². The summed E-state index contributed by atoms with van der Waals surface area (Å²) in [6, 6.07) is 36.1. The quantitative estimate of drug-likeness (QED) is 0.155. The number of aromatic nitrogens is 4. The average molecular weight is 879 g/mol. The number of nitrogens with zero attached hydrogens (tertiary/aromatic N) is 6. The van der Waals surface area contributed by atoms with E-state index in [0.717, 1.165) is 56.2 Å². The Morgan fingerprint density at radius 2 is 1.49 bits per heavy atom. The van der Waals surface area contributed by atoms with Crippen molar-refractivity contribution >= 4 is 44.8 Å². The van der Waals surface area contributed by atoms with Crippen molar-refractivity contribution in [3.8, 4) is 17.3 Å². The van der Waals surface area contributed by atoms with Gasteiger partial charge in [0.15, 0.2) is 0 Å². The Kier molecular flexibility index (Phi) is 9.44. The summed E-state index contributed by atoms with van der Waals surface area (Å²) in [6.45, 7) is 19.8. The SMILES string of the molecule is CC(C)c1cnc(N2[CH-]N(c3[c-]c(Oc4[c-]c5c(cc4)c4ccccc4n5-c4cc(C(C)(C)C)ccn4)ccc3)c3cccnc32)c(C(C)(C)C)c1.[Pt]. The number of rotatable bonds is 6. The first-order chi connectivity index (χ1) is 24.9. The van der Waals surface area contributed by atoms with Crippen molar-refractivity contribution in [3.63, 3.8) is 0 Å². The summed E-state index contributed by atoms with van der Waals surface area (Å²) >= 11 is 0. The van der Waals surface area contributed by atoms with Crippen molar-refractivity contribution in [2.75, 3.05) is 9.80 Å². The molecule has 0 saturated carbocycles. The Balaban J connectivity index is 0.00000435. The topological polar surface area (TPSA) is 59.3 Å². The first-order valence-electron chi connectivity index (χ1n) is 17.9. The van der Waals surface area contributed by atoms with Gasteiger partial charge in [0, 0.05) is 56.7 Å². The molecule has 8 rings (SSSR count). The molecule has 8 heteroatoms. The van der Waals surface area contributed by atoms with Gasteiger partial charge in [0.25, 0.3) is 0 Å². The predicted octanol–water partition coefficient (Wildman–Crippen LogP) is 11.5. The van der Waals surface area contributed by atoms with Gasteiger partial charge in [-0.2, -0.15) is 12.1 Å². The minimum atomic E-state index is -0.127. The molecule has 0 saturated heterocycles. The summed E-state index contributed by atoms with van der Waals surface area (Å²) in [7, 11) is 0. The molecule has 0 spiro atoms. The molecular formula is C45H43N6OPt-3. The van der Waals surface area contributed by atoms with Gasteiger partial charge in [0.2, 0.25) is 0 Å². The van der Waals surface area contributed by atoms with E-state index in [0.29, 0.717) is 17.4 Å². The fourth-order valence-corrected chi connectivity index (χ4v) is 6.81. The number of ether oxygens (including phenoxy) is 1. The molecule has 53 heavy (non-hydrogen) atoms. The number of hydrogen-bond donors (Lipinski definition) is 0. The summed E-state index contributed by atoms with van der Waals surface area (Å²) in [5, 5.41) is 2.23. The molecule has 7 nitrogen and oxygen atoms in total. The van der Waals surface area contributed by atoms with Gasteiger partial charge in [-0.25, -0.2) is 15.0 Å². The summed E-state index contributed by atoms with van der Waals surface area (Å²) in [6.07, 6.45) is 5.70. The maximum atomic E-state index is 6.52. The van der Waals surface area contributed by atoms with E-state index in [2.05, 4.69) is 143 Å². The Morgan fingerprint density at radius 1 is 0.698 bits per heavy atom. The molecule has 3 aromatic carbocycles. The van der Waals surface area contributed by atoms with Gasteiger partial charge in [-0.1, -0.05) is 79.1 Å². The Bertz CT molecular complexity index is 2460. The molecule has 0 bridgehead atoms. The number of hydrogen-bond acceptors (Lipinski definition) is 6. The van der Waals surface area contributed by atoms with Gasteiger partial charge in [0.1, 0.15) is 17.5 Å². The van der Waals surface area contributed by atoms with Gasteiger partial charge < -0.3 is 19.1 Å². The van der Waals surface area contributed by atoms with Crippen LogP contribution in [0.1, 0.15) is 78.0 Å². The largest absolute Gasteiger partial charge is 0.509 e. The van der Waals surface area contributed by atoms with Crippen molar-refractivity contribution < 1.29 is 25.8 Å². The smallest absolute Gasteiger partial charge is 0.135 e. The van der Waals surface area contributed by atoms with E-state index >= 15 is 0 Å². The molecule has 1 aliphatic rings. The number of fused-ring (bicyclic) bond motifs is 4. The van der Waals surface area contributed by atoms with Crippen molar-refractivity contribution in [3.05, 3.63) is 139 Å². The minimum absolute atomic E-state index is 0. The number of benzene rings is 3. The zero-order valence-electron chi connectivity index (χ0n) is 31.4. The van der Waals surface area contributed by atoms with E-state index < -0.39 is 0 Å². The predicted molar refractivity (Wildman–Crippen MR) is 211 cm³/mol. The number of para-hydroxylation sites is 1. The molecule has 0 fully saturated rings. The van der Waals surface area contributed by atoms with Crippen LogP contribution in [0.4, 0.5) is 23.0 Å². The molecule has 0 N–H and O–H groups in total. The Morgan fingerprint density at radius 3 is 2.26 bits per heavy atom. The molecule has 0 aliphatic carbocycles. The average Bonchev–Trinajstić information content (AvgIpc) is 3.67. The Hall–Kier alpha value is -5.00. The van der Waals surface area contributed by atoms with Gasteiger partial charge in [-0.05, 0) is 75.2 Å². The van der Waals surface area contributed by atoms with Crippen LogP contribution in [0.2, 0.25) is 0 Å². The molecule has 272 valence electrons. The molecule has 0 unspecified atom stereocenters. The zero-order chi connectivity index (χ0) is 36.4. The molecule has 4 aromatic heterocycles. The van der Waals surface area contributed by atoms with Crippen LogP contribution in [0.15, 0.2) is 104 Å². The minimum Gasteiger partial charge on any atom is -0.509 e. The first-order valence-corrected chi connectivity index (χ1v) is 17.9. The maximum absolute atomic E-state index is 6.52. The van der Waals surface area contributed by atoms with Crippen molar-refractivity contribution in [1.29, 1.82) is 0 Å². The van der Waals surface area contributed by atoms with E-state index in [1.165, 1.54) is 11.1 Å². The fourth-order valence-electron chi connectivity index (χ4n) is 6.81. The third kappa shape index (κ3) is 6.72. The third-order valence-electron chi connectivity index (χ3n) is 9.71. The second kappa shape index (κ2) is 13.8. The fraction of sp³-hybridized carbons (Fsp3) is 0.244. The molecular weight excluding hydrogens is 836 g/mol. The molecule has 0 amide bonds. The van der Waals surface area contributed by atoms with Crippen LogP contribution >= 0.6 is 0 Å². The zero-order valence-corrected chi connectivity index (χ0v) is 33.6. The molecule has 5 heterocycles. The van der Waals surface area contributed by atoms with Gasteiger partial charge in [-0.15, -0.1) is 48.1 Å². The van der Waals surface area contributed by atoms with Crippen LogP contribution < -0.4 is 14.5 Å². The van der Waals surface area contributed by atoms with Crippen LogP contribution in [0.5, 0.6) is 11.5 Å². The van der Waals surface area contributed by atoms with Crippen LogP contribution in [0.3, 0.4) is 0 Å². The number of anilines is 4. The molecule has 0 radical (unpaired) electrons. The van der Waals surface area contributed by atoms with Crippen LogP contribution in [0.25, 0.3) is 27.6 Å². The van der Waals surface area contributed by atoms with Crippen molar-refractivity contribution in [1.82, 2.24) is 19.5 Å². The summed E-state index contributed by atoms with van der Waals surface area (Å²) in [5.74, 6) is 4.08. The van der Waals surface area contributed by atoms with E-state index in [4.69, 9.17) is 19.7 Å². The molecule has 1 aliphatic heterocycles. The van der Waals surface area contributed by atoms with Gasteiger partial charge >= 0.3 is 0 Å². The maximum Gasteiger partial charge on any atom is 0.135 e. The summed E-state index contributed by atoms with van der Waals surface area (Å²) in [5.41, 5.74) is 7.20. The van der Waals surface area contributed by atoms with E-state index in [9.17, 15) is 0 Å². The van der Waals surface area contributed by atoms with Gasteiger partial charge in [-0.3, -0.25) is 0 Å². The normalized spacial score (nSPS) is 13.2. The van der Waals surface area contributed by atoms with Crippen LogP contribution in [-0.4, -0.2) is 19.5 Å². The molecule has 0 atom stereocenters.